The molecule has 2 N–H and O–H groups in total. The fourth-order valence-electron chi connectivity index (χ4n) is 4.48. The summed E-state index contributed by atoms with van der Waals surface area (Å²) in [6.45, 7) is 5.36. The third-order valence-corrected chi connectivity index (χ3v) is 7.18. The molecule has 2 atom stereocenters. The molecule has 8 nitrogen and oxygen atoms in total. The van der Waals surface area contributed by atoms with Gasteiger partial charge in [-0.3, -0.25) is 13.7 Å². The number of nitrogens with zero attached hydrogens (tertiary/aromatic N) is 1. The number of fused-ring (bicyclic) bond motifs is 1. The van der Waals surface area contributed by atoms with E-state index in [9.17, 15) is 18.4 Å². The van der Waals surface area contributed by atoms with Crippen molar-refractivity contribution in [2.75, 3.05) is 16.7 Å². The Balaban J connectivity index is 1.53. The van der Waals surface area contributed by atoms with Crippen molar-refractivity contribution in [2.45, 2.75) is 26.8 Å². The zero-order chi connectivity index (χ0) is 28.3. The third kappa shape index (κ3) is 5.58. The van der Waals surface area contributed by atoms with Gasteiger partial charge in [-0.15, -0.1) is 6.42 Å². The first-order valence-corrected chi connectivity index (χ1v) is 13.2. The highest BCUT2D eigenvalue weighted by Crippen LogP contribution is 2.30. The van der Waals surface area contributed by atoms with Crippen LogP contribution in [0.2, 0.25) is 0 Å². The van der Waals surface area contributed by atoms with E-state index in [1.165, 1.54) is 7.11 Å². The normalized spacial score (nSPS) is 12.5. The van der Waals surface area contributed by atoms with Crippen LogP contribution in [0.1, 0.15) is 35.5 Å². The summed E-state index contributed by atoms with van der Waals surface area (Å²) in [5, 5.41) is 3.60. The summed E-state index contributed by atoms with van der Waals surface area (Å²) >= 11 is -2.44. The maximum atomic E-state index is 12.9. The lowest BCUT2D eigenvalue weighted by molar-refractivity contribution is -0.142. The first-order chi connectivity index (χ1) is 18.7. The van der Waals surface area contributed by atoms with Crippen LogP contribution in [0.3, 0.4) is 0 Å². The number of rotatable bonds is 8. The van der Waals surface area contributed by atoms with Gasteiger partial charge in [-0.25, -0.2) is 9.00 Å². The molecule has 1 heterocycles. The molecule has 4 aromatic rings. The molecule has 4 rings (SSSR count). The second kappa shape index (κ2) is 11.6. The molecule has 39 heavy (non-hydrogen) atoms. The standard InChI is InChI=1S/C30H28N2O6S/c1-6-20-8-7-9-25-26(20)19(4)28(38-25)29(33)31-23-14-10-21(11-15-23)22-12-16-24(17-13-22)32(39(35)36)27(18(2)3)30(34)37-5/h1,7-18,27H,2-5H3,(H,31,33)(H,35,36). The SMILES string of the molecule is C#Cc1cccc2oc(C(=O)Nc3ccc(-c4ccc(N(C(C(=O)OC)C(C)C)S(=O)O)cc4)cc3)c(C)c12. The number of hydrogen-bond donors (Lipinski definition) is 2. The molecule has 1 aromatic heterocycles. The van der Waals surface area contributed by atoms with E-state index in [2.05, 4.69) is 11.2 Å². The Kier molecular flexibility index (Phi) is 8.19. The summed E-state index contributed by atoms with van der Waals surface area (Å²) in [6.07, 6.45) is 5.60. The van der Waals surface area contributed by atoms with Gasteiger partial charge in [0, 0.05) is 22.2 Å². The predicted molar refractivity (Wildman–Crippen MR) is 153 cm³/mol. The number of methoxy groups -OCH3 is 1. The summed E-state index contributed by atoms with van der Waals surface area (Å²) in [7, 11) is 1.25. The van der Waals surface area contributed by atoms with Gasteiger partial charge in [0.15, 0.2) is 5.76 Å². The monoisotopic (exact) mass is 544 g/mol. The average Bonchev–Trinajstić information content (AvgIpc) is 3.28. The van der Waals surface area contributed by atoms with Crippen molar-refractivity contribution in [2.24, 2.45) is 5.92 Å². The highest BCUT2D eigenvalue weighted by atomic mass is 32.2. The van der Waals surface area contributed by atoms with Gasteiger partial charge in [0.05, 0.1) is 12.8 Å². The van der Waals surface area contributed by atoms with Gasteiger partial charge in [-0.05, 0) is 60.4 Å². The molecule has 0 spiro atoms. The van der Waals surface area contributed by atoms with Crippen LogP contribution in [-0.4, -0.2) is 33.8 Å². The van der Waals surface area contributed by atoms with E-state index in [-0.39, 0.29) is 17.6 Å². The highest BCUT2D eigenvalue weighted by Gasteiger charge is 2.33. The van der Waals surface area contributed by atoms with E-state index in [0.29, 0.717) is 28.1 Å². The number of amides is 1. The maximum absolute atomic E-state index is 12.9. The van der Waals surface area contributed by atoms with Crippen LogP contribution in [0.25, 0.3) is 22.1 Å². The molecular formula is C30H28N2O6S. The molecule has 1 amide bonds. The zero-order valence-corrected chi connectivity index (χ0v) is 22.7. The third-order valence-electron chi connectivity index (χ3n) is 6.41. The smallest absolute Gasteiger partial charge is 0.329 e. The van der Waals surface area contributed by atoms with Crippen LogP contribution in [0.15, 0.2) is 71.1 Å². The van der Waals surface area contributed by atoms with Crippen LogP contribution >= 0.6 is 0 Å². The second-order valence-electron chi connectivity index (χ2n) is 9.23. The number of nitrogens with one attached hydrogen (secondary N) is 1. The Morgan fingerprint density at radius 3 is 2.21 bits per heavy atom. The van der Waals surface area contributed by atoms with Gasteiger partial charge < -0.3 is 14.5 Å². The minimum absolute atomic E-state index is 0.199. The number of benzene rings is 3. The summed E-state index contributed by atoms with van der Waals surface area (Å²) in [4.78, 5) is 25.2. The van der Waals surface area contributed by atoms with E-state index >= 15 is 0 Å². The first kappa shape index (κ1) is 27.6. The number of esters is 1. The fraction of sp³-hybridized carbons (Fsp3) is 0.200. The van der Waals surface area contributed by atoms with Crippen molar-refractivity contribution in [3.63, 3.8) is 0 Å². The Hall–Kier alpha value is -4.39. The molecule has 0 aliphatic carbocycles. The van der Waals surface area contributed by atoms with Crippen LogP contribution in [0.4, 0.5) is 11.4 Å². The Labute approximate surface area is 229 Å². The molecule has 0 saturated carbocycles. The van der Waals surface area contributed by atoms with Gasteiger partial charge in [-0.1, -0.05) is 50.1 Å². The molecule has 0 saturated heterocycles. The van der Waals surface area contributed by atoms with Crippen molar-refractivity contribution >= 4 is 45.5 Å². The maximum Gasteiger partial charge on any atom is 0.329 e. The lowest BCUT2D eigenvalue weighted by Crippen LogP contribution is -2.46. The number of ether oxygens (including phenoxy) is 1. The molecule has 9 heteroatoms. The van der Waals surface area contributed by atoms with E-state index in [1.807, 2.05) is 12.1 Å². The van der Waals surface area contributed by atoms with E-state index in [4.69, 9.17) is 15.6 Å². The Morgan fingerprint density at radius 1 is 1.05 bits per heavy atom. The summed E-state index contributed by atoms with van der Waals surface area (Å²) in [6, 6.07) is 18.6. The average molecular weight is 545 g/mol. The summed E-state index contributed by atoms with van der Waals surface area (Å²) in [5.74, 6) is 1.58. The number of anilines is 2. The van der Waals surface area contributed by atoms with Gasteiger partial charge in [0.2, 0.25) is 0 Å². The molecule has 2 unspecified atom stereocenters. The lowest BCUT2D eigenvalue weighted by Gasteiger charge is -2.30. The van der Waals surface area contributed by atoms with Crippen molar-refractivity contribution in [3.8, 4) is 23.5 Å². The van der Waals surface area contributed by atoms with Crippen molar-refractivity contribution in [1.82, 2.24) is 0 Å². The van der Waals surface area contributed by atoms with Crippen LogP contribution < -0.4 is 9.62 Å². The first-order valence-electron chi connectivity index (χ1n) is 12.1. The molecule has 3 aromatic carbocycles. The molecular weight excluding hydrogens is 516 g/mol. The van der Waals surface area contributed by atoms with Gasteiger partial charge >= 0.3 is 5.97 Å². The molecule has 0 aliphatic rings. The Bertz CT molecular complexity index is 1580. The number of carbonyl (C=O) groups is 2. The molecule has 0 bridgehead atoms. The minimum atomic E-state index is -2.44. The van der Waals surface area contributed by atoms with Crippen molar-refractivity contribution < 1.29 is 27.5 Å². The quantitative estimate of drug-likeness (QED) is 0.165. The lowest BCUT2D eigenvalue weighted by atomic mass is 10.0. The van der Waals surface area contributed by atoms with Crippen LogP contribution in [0.5, 0.6) is 0 Å². The largest absolute Gasteiger partial charge is 0.467 e. The fourth-order valence-corrected chi connectivity index (χ4v) is 5.31. The molecule has 0 radical (unpaired) electrons. The van der Waals surface area contributed by atoms with Crippen LogP contribution in [-0.2, 0) is 20.8 Å². The zero-order valence-electron chi connectivity index (χ0n) is 21.9. The minimum Gasteiger partial charge on any atom is -0.467 e. The topological polar surface area (TPSA) is 109 Å². The number of terminal acetylenes is 1. The van der Waals surface area contributed by atoms with Crippen molar-refractivity contribution in [1.29, 1.82) is 0 Å². The van der Waals surface area contributed by atoms with Gasteiger partial charge in [-0.2, -0.15) is 0 Å². The van der Waals surface area contributed by atoms with Crippen molar-refractivity contribution in [3.05, 3.63) is 83.6 Å². The summed E-state index contributed by atoms with van der Waals surface area (Å²) in [5.41, 5.74) is 4.59. The van der Waals surface area contributed by atoms with Crippen LogP contribution in [0, 0.1) is 25.2 Å². The van der Waals surface area contributed by atoms with E-state index in [0.717, 1.165) is 20.8 Å². The molecule has 200 valence electrons. The second-order valence-corrected chi connectivity index (χ2v) is 10.1. The number of aryl methyl sites for hydroxylation is 1. The van der Waals surface area contributed by atoms with Gasteiger partial charge in [0.25, 0.3) is 17.2 Å². The molecule has 0 fully saturated rings. The molecule has 0 aliphatic heterocycles. The van der Waals surface area contributed by atoms with E-state index in [1.54, 1.807) is 75.4 Å². The Morgan fingerprint density at radius 2 is 1.67 bits per heavy atom. The number of furan rings is 1. The van der Waals surface area contributed by atoms with Gasteiger partial charge in [0.1, 0.15) is 11.6 Å². The number of hydrogen-bond acceptors (Lipinski definition) is 5. The van der Waals surface area contributed by atoms with E-state index < -0.39 is 23.3 Å². The predicted octanol–water partition coefficient (Wildman–Crippen LogP) is 5.78. The number of carbonyl (C=O) groups excluding carboxylic acids is 2. The summed E-state index contributed by atoms with van der Waals surface area (Å²) < 4.78 is 33.8. The highest BCUT2D eigenvalue weighted by molar-refractivity contribution is 7.80.